The normalized spacial score (nSPS) is 19.4. The molecule has 0 radical (unpaired) electrons. The fraction of sp³-hybridized carbons (Fsp3) is 0.308. The van der Waals surface area contributed by atoms with E-state index < -0.39 is 0 Å². The molecule has 0 spiro atoms. The largest absolute Gasteiger partial charge is 0.292 e. The summed E-state index contributed by atoms with van der Waals surface area (Å²) < 4.78 is 0. The van der Waals surface area contributed by atoms with E-state index in [2.05, 4.69) is 0 Å². The van der Waals surface area contributed by atoms with Crippen molar-refractivity contribution in [3.05, 3.63) is 34.9 Å². The fourth-order valence-electron chi connectivity index (χ4n) is 1.93. The summed E-state index contributed by atoms with van der Waals surface area (Å²) in [6, 6.07) is 6.59. The SMILES string of the molecule is CC1CC(=O)N(CC(=O)c2ccccc2Cl)C1=O. The van der Waals surface area contributed by atoms with E-state index in [0.717, 1.165) is 4.90 Å². The lowest BCUT2D eigenvalue weighted by molar-refractivity contribution is -0.138. The summed E-state index contributed by atoms with van der Waals surface area (Å²) in [6.45, 7) is 1.45. The number of hydrogen-bond acceptors (Lipinski definition) is 3. The first-order valence-corrected chi connectivity index (χ1v) is 6.00. The van der Waals surface area contributed by atoms with Gasteiger partial charge in [-0.25, -0.2) is 0 Å². The van der Waals surface area contributed by atoms with Gasteiger partial charge in [0.05, 0.1) is 11.6 Å². The lowest BCUT2D eigenvalue weighted by Crippen LogP contribution is -2.35. The van der Waals surface area contributed by atoms with Gasteiger partial charge < -0.3 is 0 Å². The Morgan fingerprint density at radius 1 is 1.39 bits per heavy atom. The van der Waals surface area contributed by atoms with Crippen LogP contribution in [0.3, 0.4) is 0 Å². The zero-order valence-electron chi connectivity index (χ0n) is 9.85. The van der Waals surface area contributed by atoms with Crippen LogP contribution in [0.1, 0.15) is 23.7 Å². The molecule has 0 aromatic heterocycles. The third kappa shape index (κ3) is 2.29. The van der Waals surface area contributed by atoms with Crippen molar-refractivity contribution in [2.75, 3.05) is 6.54 Å². The Morgan fingerprint density at radius 3 is 2.61 bits per heavy atom. The van der Waals surface area contributed by atoms with Crippen LogP contribution in [0.15, 0.2) is 24.3 Å². The van der Waals surface area contributed by atoms with E-state index in [1.165, 1.54) is 0 Å². The molecule has 1 atom stereocenters. The quantitative estimate of drug-likeness (QED) is 0.620. The first-order chi connectivity index (χ1) is 8.50. The molecule has 94 valence electrons. The molecule has 1 fully saturated rings. The minimum absolute atomic E-state index is 0.175. The van der Waals surface area contributed by atoms with Gasteiger partial charge in [0.15, 0.2) is 5.78 Å². The van der Waals surface area contributed by atoms with Crippen LogP contribution in [0.25, 0.3) is 0 Å². The van der Waals surface area contributed by atoms with Gasteiger partial charge in [-0.3, -0.25) is 19.3 Å². The van der Waals surface area contributed by atoms with Crippen molar-refractivity contribution in [3.8, 4) is 0 Å². The topological polar surface area (TPSA) is 54.5 Å². The summed E-state index contributed by atoms with van der Waals surface area (Å²) in [5, 5.41) is 0.328. The van der Waals surface area contributed by atoms with Crippen LogP contribution >= 0.6 is 11.6 Å². The van der Waals surface area contributed by atoms with Gasteiger partial charge in [-0.1, -0.05) is 30.7 Å². The highest BCUT2D eigenvalue weighted by Gasteiger charge is 2.36. The molecule has 4 nitrogen and oxygen atoms in total. The smallest absolute Gasteiger partial charge is 0.232 e. The van der Waals surface area contributed by atoms with Crippen molar-refractivity contribution in [2.24, 2.45) is 5.92 Å². The van der Waals surface area contributed by atoms with Crippen LogP contribution in [0, 0.1) is 5.92 Å². The summed E-state index contributed by atoms with van der Waals surface area (Å²) in [5.74, 6) is -1.25. The summed E-state index contributed by atoms with van der Waals surface area (Å²) in [4.78, 5) is 36.3. The van der Waals surface area contributed by atoms with Crippen LogP contribution in [0.5, 0.6) is 0 Å². The fourth-order valence-corrected chi connectivity index (χ4v) is 2.17. The number of hydrogen-bond donors (Lipinski definition) is 0. The second-order valence-corrected chi connectivity index (χ2v) is 4.73. The van der Waals surface area contributed by atoms with Crippen molar-refractivity contribution in [3.63, 3.8) is 0 Å². The van der Waals surface area contributed by atoms with Crippen molar-refractivity contribution < 1.29 is 14.4 Å². The predicted octanol–water partition coefficient (Wildman–Crippen LogP) is 1.92. The Balaban J connectivity index is 2.16. The Morgan fingerprint density at radius 2 is 2.06 bits per heavy atom. The standard InChI is InChI=1S/C13H12ClNO3/c1-8-6-12(17)15(13(8)18)7-11(16)9-4-2-3-5-10(9)14/h2-5,8H,6-7H2,1H3. The van der Waals surface area contributed by atoms with Gasteiger partial charge in [-0.15, -0.1) is 0 Å². The Bertz CT molecular complexity index is 527. The van der Waals surface area contributed by atoms with Gasteiger partial charge >= 0.3 is 0 Å². The molecule has 2 rings (SSSR count). The number of nitrogens with zero attached hydrogens (tertiary/aromatic N) is 1. The second kappa shape index (κ2) is 4.90. The molecule has 2 amide bonds. The predicted molar refractivity (Wildman–Crippen MR) is 66.3 cm³/mol. The number of rotatable bonds is 3. The van der Waals surface area contributed by atoms with Crippen LogP contribution in [-0.4, -0.2) is 29.0 Å². The molecule has 1 unspecified atom stereocenters. The third-order valence-corrected chi connectivity index (χ3v) is 3.28. The first kappa shape index (κ1) is 12.8. The second-order valence-electron chi connectivity index (χ2n) is 4.33. The molecule has 5 heteroatoms. The van der Waals surface area contributed by atoms with Crippen LogP contribution < -0.4 is 0 Å². The monoisotopic (exact) mass is 265 g/mol. The van der Waals surface area contributed by atoms with Gasteiger partial charge in [-0.05, 0) is 12.1 Å². The van der Waals surface area contributed by atoms with E-state index in [-0.39, 0.29) is 36.5 Å². The average molecular weight is 266 g/mol. The van der Waals surface area contributed by atoms with Crippen LogP contribution in [0.4, 0.5) is 0 Å². The minimum atomic E-state index is -0.337. The lowest BCUT2D eigenvalue weighted by atomic mass is 10.1. The van der Waals surface area contributed by atoms with Crippen molar-refractivity contribution in [2.45, 2.75) is 13.3 Å². The molecule has 1 aliphatic heterocycles. The summed E-state index contributed by atoms with van der Waals surface area (Å²) in [5.41, 5.74) is 0.333. The number of carbonyl (C=O) groups is 3. The molecular weight excluding hydrogens is 254 g/mol. The zero-order valence-corrected chi connectivity index (χ0v) is 10.6. The molecule has 1 heterocycles. The van der Waals surface area contributed by atoms with E-state index in [0.29, 0.717) is 10.6 Å². The highest BCUT2D eigenvalue weighted by atomic mass is 35.5. The molecule has 1 aliphatic rings. The van der Waals surface area contributed by atoms with E-state index in [1.807, 2.05) is 0 Å². The average Bonchev–Trinajstić information content (AvgIpc) is 2.56. The lowest BCUT2D eigenvalue weighted by Gasteiger charge is -2.13. The number of ketones is 1. The number of benzene rings is 1. The number of likely N-dealkylation sites (tertiary alicyclic amines) is 1. The molecule has 1 aromatic carbocycles. The number of carbonyl (C=O) groups excluding carboxylic acids is 3. The maximum Gasteiger partial charge on any atom is 0.232 e. The summed E-state index contributed by atoms with van der Waals surface area (Å²) >= 11 is 5.90. The number of imide groups is 1. The molecule has 0 saturated carbocycles. The van der Waals surface area contributed by atoms with Crippen molar-refractivity contribution in [1.82, 2.24) is 4.90 Å². The Kier molecular flexibility index (Phi) is 3.48. The summed E-state index contributed by atoms with van der Waals surface area (Å²) in [6.07, 6.45) is 0.175. The minimum Gasteiger partial charge on any atom is -0.292 e. The molecule has 1 saturated heterocycles. The van der Waals surface area contributed by atoms with Gasteiger partial charge in [0.2, 0.25) is 11.8 Å². The number of Topliss-reactive ketones (excluding diaryl/α,β-unsaturated/α-hetero) is 1. The zero-order chi connectivity index (χ0) is 13.3. The van der Waals surface area contributed by atoms with Crippen molar-refractivity contribution in [1.29, 1.82) is 0 Å². The Labute approximate surface area is 110 Å². The van der Waals surface area contributed by atoms with E-state index >= 15 is 0 Å². The van der Waals surface area contributed by atoms with Gasteiger partial charge in [0.25, 0.3) is 0 Å². The van der Waals surface area contributed by atoms with E-state index in [4.69, 9.17) is 11.6 Å². The van der Waals surface area contributed by atoms with Gasteiger partial charge in [0.1, 0.15) is 0 Å². The van der Waals surface area contributed by atoms with Crippen LogP contribution in [-0.2, 0) is 9.59 Å². The molecular formula is C13H12ClNO3. The van der Waals surface area contributed by atoms with Crippen molar-refractivity contribution >= 4 is 29.2 Å². The molecule has 0 bridgehead atoms. The molecule has 18 heavy (non-hydrogen) atoms. The highest BCUT2D eigenvalue weighted by Crippen LogP contribution is 2.21. The Hall–Kier alpha value is -1.68. The molecule has 1 aromatic rings. The van der Waals surface area contributed by atoms with E-state index in [9.17, 15) is 14.4 Å². The van der Waals surface area contributed by atoms with Crippen LogP contribution in [0.2, 0.25) is 5.02 Å². The first-order valence-electron chi connectivity index (χ1n) is 5.62. The highest BCUT2D eigenvalue weighted by molar-refractivity contribution is 6.34. The maximum atomic E-state index is 12.0. The van der Waals surface area contributed by atoms with Gasteiger partial charge in [0, 0.05) is 17.9 Å². The third-order valence-electron chi connectivity index (χ3n) is 2.95. The number of amides is 2. The summed E-state index contributed by atoms with van der Waals surface area (Å²) in [7, 11) is 0. The molecule has 0 N–H and O–H groups in total. The number of halogens is 1. The maximum absolute atomic E-state index is 12.0. The van der Waals surface area contributed by atoms with E-state index in [1.54, 1.807) is 31.2 Å². The molecule has 0 aliphatic carbocycles. The van der Waals surface area contributed by atoms with Gasteiger partial charge in [-0.2, -0.15) is 0 Å².